The Kier molecular flexibility index (Phi) is 6.82. The highest BCUT2D eigenvalue weighted by atomic mass is 32.2. The highest BCUT2D eigenvalue weighted by Crippen LogP contribution is 2.35. The zero-order chi connectivity index (χ0) is 23.6. The van der Waals surface area contributed by atoms with Crippen molar-refractivity contribution in [3.63, 3.8) is 0 Å². The number of ether oxygens (including phenoxy) is 1. The lowest BCUT2D eigenvalue weighted by molar-refractivity contribution is -0.120. The second-order valence-corrected chi connectivity index (χ2v) is 10.9. The van der Waals surface area contributed by atoms with Gasteiger partial charge in [0.25, 0.3) is 0 Å². The van der Waals surface area contributed by atoms with E-state index in [1.165, 1.54) is 15.6 Å². The molecule has 1 fully saturated rings. The van der Waals surface area contributed by atoms with Crippen molar-refractivity contribution in [2.75, 3.05) is 25.0 Å². The Morgan fingerprint density at radius 1 is 1.27 bits per heavy atom. The Labute approximate surface area is 196 Å². The number of para-hydroxylation sites is 2. The molecular weight excluding hydrogens is 464 g/mol. The van der Waals surface area contributed by atoms with Gasteiger partial charge in [0.05, 0.1) is 22.1 Å². The summed E-state index contributed by atoms with van der Waals surface area (Å²) in [7, 11) is -3.69. The van der Waals surface area contributed by atoms with Gasteiger partial charge in [0.1, 0.15) is 5.75 Å². The Bertz CT molecular complexity index is 1240. The summed E-state index contributed by atoms with van der Waals surface area (Å²) in [5.41, 5.74) is 0.623. The first-order valence-corrected chi connectivity index (χ1v) is 13.0. The highest BCUT2D eigenvalue weighted by molar-refractivity contribution is 7.89. The molecule has 2 aromatic heterocycles. The van der Waals surface area contributed by atoms with E-state index in [1.807, 2.05) is 25.1 Å². The van der Waals surface area contributed by atoms with Crippen molar-refractivity contribution in [3.8, 4) is 16.5 Å². The minimum Gasteiger partial charge on any atom is -0.492 e. The molecule has 0 atom stereocenters. The molecule has 11 heteroatoms. The van der Waals surface area contributed by atoms with Crippen LogP contribution in [-0.2, 0) is 14.8 Å². The number of carbonyl (C=O) groups is 1. The molecule has 0 radical (unpaired) electrons. The van der Waals surface area contributed by atoms with E-state index in [1.54, 1.807) is 26.0 Å². The Morgan fingerprint density at radius 2 is 2.00 bits per heavy atom. The number of amides is 1. The number of nitrogens with one attached hydrogen (secondary N) is 1. The third-order valence-corrected chi connectivity index (χ3v) is 8.71. The van der Waals surface area contributed by atoms with E-state index in [4.69, 9.17) is 9.26 Å². The van der Waals surface area contributed by atoms with Crippen LogP contribution in [0.5, 0.6) is 5.75 Å². The predicted octanol–water partition coefficient (Wildman–Crippen LogP) is 3.85. The number of hydrogen-bond acceptors (Lipinski definition) is 8. The van der Waals surface area contributed by atoms with Crippen molar-refractivity contribution in [1.29, 1.82) is 0 Å². The van der Waals surface area contributed by atoms with Gasteiger partial charge in [-0.15, -0.1) is 11.3 Å². The molecule has 3 aromatic rings. The lowest BCUT2D eigenvalue weighted by atomic mass is 9.97. The predicted molar refractivity (Wildman–Crippen MR) is 125 cm³/mol. The zero-order valence-electron chi connectivity index (χ0n) is 18.7. The number of aryl methyl sites for hydroxylation is 2. The number of anilines is 1. The van der Waals surface area contributed by atoms with Gasteiger partial charge in [-0.25, -0.2) is 8.42 Å². The van der Waals surface area contributed by atoms with Crippen LogP contribution in [0.1, 0.15) is 30.5 Å². The lowest BCUT2D eigenvalue weighted by Crippen LogP contribution is -2.41. The first kappa shape index (κ1) is 23.4. The summed E-state index contributed by atoms with van der Waals surface area (Å²) in [6.45, 7) is 6.39. The maximum Gasteiger partial charge on any atom is 0.244 e. The average Bonchev–Trinajstić information content (AvgIpc) is 3.41. The molecule has 0 saturated carbocycles. The van der Waals surface area contributed by atoms with E-state index < -0.39 is 10.0 Å². The molecule has 1 saturated heterocycles. The summed E-state index contributed by atoms with van der Waals surface area (Å²) in [5, 5.41) is 6.81. The maximum atomic E-state index is 13.3. The first-order chi connectivity index (χ1) is 15.8. The molecule has 33 heavy (non-hydrogen) atoms. The van der Waals surface area contributed by atoms with Gasteiger partial charge in [-0.05, 0) is 44.9 Å². The highest BCUT2D eigenvalue weighted by Gasteiger charge is 2.34. The molecule has 0 aliphatic carbocycles. The molecule has 1 aromatic carbocycles. The summed E-state index contributed by atoms with van der Waals surface area (Å²) in [6, 6.07) is 8.89. The van der Waals surface area contributed by atoms with Crippen LogP contribution in [0.4, 0.5) is 5.69 Å². The molecule has 176 valence electrons. The normalized spacial score (nSPS) is 15.5. The number of aromatic nitrogens is 2. The SMILES string of the molecule is CCOc1ccccc1NC(=O)C1CCN(S(=O)(=O)c2cc(-c3noc(C)n3)sc2C)CC1. The molecule has 4 rings (SSSR count). The molecular formula is C22H26N4O5S2. The number of carbonyl (C=O) groups excluding carboxylic acids is 1. The molecule has 0 bridgehead atoms. The van der Waals surface area contributed by atoms with E-state index in [9.17, 15) is 13.2 Å². The smallest absolute Gasteiger partial charge is 0.244 e. The van der Waals surface area contributed by atoms with Crippen molar-refractivity contribution in [2.45, 2.75) is 38.5 Å². The van der Waals surface area contributed by atoms with E-state index in [2.05, 4.69) is 15.5 Å². The molecule has 0 unspecified atom stereocenters. The molecule has 1 N–H and O–H groups in total. The molecule has 0 spiro atoms. The minimum atomic E-state index is -3.69. The van der Waals surface area contributed by atoms with Gasteiger partial charge >= 0.3 is 0 Å². The Balaban J connectivity index is 1.42. The largest absolute Gasteiger partial charge is 0.492 e. The number of nitrogens with zero attached hydrogens (tertiary/aromatic N) is 3. The monoisotopic (exact) mass is 490 g/mol. The molecule has 1 aliphatic heterocycles. The first-order valence-electron chi connectivity index (χ1n) is 10.7. The van der Waals surface area contributed by atoms with Gasteiger partial charge in [-0.1, -0.05) is 17.3 Å². The van der Waals surface area contributed by atoms with Crippen LogP contribution in [0.25, 0.3) is 10.7 Å². The fourth-order valence-electron chi connectivity index (χ4n) is 3.81. The number of benzene rings is 1. The third kappa shape index (κ3) is 4.94. The summed E-state index contributed by atoms with van der Waals surface area (Å²) < 4.78 is 38.6. The summed E-state index contributed by atoms with van der Waals surface area (Å²) >= 11 is 1.32. The van der Waals surface area contributed by atoms with Gasteiger partial charge in [0, 0.05) is 30.8 Å². The minimum absolute atomic E-state index is 0.124. The van der Waals surface area contributed by atoms with E-state index in [0.29, 0.717) is 52.4 Å². The summed E-state index contributed by atoms with van der Waals surface area (Å²) in [6.07, 6.45) is 0.893. The quantitative estimate of drug-likeness (QED) is 0.535. The Hall–Kier alpha value is -2.76. The van der Waals surface area contributed by atoms with E-state index in [-0.39, 0.29) is 29.8 Å². The second-order valence-electron chi connectivity index (χ2n) is 7.76. The third-order valence-electron chi connectivity index (χ3n) is 5.51. The molecule has 9 nitrogen and oxygen atoms in total. The van der Waals surface area contributed by atoms with Crippen molar-refractivity contribution >= 4 is 33.0 Å². The second kappa shape index (κ2) is 9.62. The van der Waals surface area contributed by atoms with Crippen LogP contribution in [0.3, 0.4) is 0 Å². The number of thiophene rings is 1. The van der Waals surface area contributed by atoms with Gasteiger partial charge in [-0.3, -0.25) is 4.79 Å². The topological polar surface area (TPSA) is 115 Å². The summed E-state index contributed by atoms with van der Waals surface area (Å²) in [5.74, 6) is 1.02. The van der Waals surface area contributed by atoms with Crippen molar-refractivity contribution in [1.82, 2.24) is 14.4 Å². The van der Waals surface area contributed by atoms with E-state index in [0.717, 1.165) is 0 Å². The van der Waals surface area contributed by atoms with Gasteiger partial charge < -0.3 is 14.6 Å². The van der Waals surface area contributed by atoms with Crippen molar-refractivity contribution < 1.29 is 22.5 Å². The van der Waals surface area contributed by atoms with E-state index >= 15 is 0 Å². The molecule has 3 heterocycles. The fraction of sp³-hybridized carbons (Fsp3) is 0.409. The average molecular weight is 491 g/mol. The molecule has 1 amide bonds. The van der Waals surface area contributed by atoms with Crippen LogP contribution < -0.4 is 10.1 Å². The standard InChI is InChI=1S/C22H26N4O5S2/c1-4-30-18-8-6-5-7-17(18)24-22(27)16-9-11-26(12-10-16)33(28,29)20-13-19(32-14(20)2)21-23-15(3)31-25-21/h5-8,13,16H,4,9-12H2,1-3H3,(H,24,27). The van der Waals surface area contributed by atoms with Crippen LogP contribution in [-0.4, -0.2) is 48.5 Å². The van der Waals surface area contributed by atoms with Crippen LogP contribution in [0, 0.1) is 19.8 Å². The van der Waals surface area contributed by atoms with Gasteiger partial charge in [0.2, 0.25) is 27.6 Å². The lowest BCUT2D eigenvalue weighted by Gasteiger charge is -2.30. The van der Waals surface area contributed by atoms with Crippen LogP contribution in [0.15, 0.2) is 39.8 Å². The number of sulfonamides is 1. The summed E-state index contributed by atoms with van der Waals surface area (Å²) in [4.78, 5) is 18.6. The van der Waals surface area contributed by atoms with Crippen molar-refractivity contribution in [2.24, 2.45) is 5.92 Å². The van der Waals surface area contributed by atoms with Gasteiger partial charge in [0.15, 0.2) is 0 Å². The van der Waals surface area contributed by atoms with Crippen LogP contribution in [0.2, 0.25) is 0 Å². The van der Waals surface area contributed by atoms with Gasteiger partial charge in [-0.2, -0.15) is 9.29 Å². The fourth-order valence-corrected chi connectivity index (χ4v) is 6.77. The van der Waals surface area contributed by atoms with Crippen LogP contribution >= 0.6 is 11.3 Å². The Morgan fingerprint density at radius 3 is 2.67 bits per heavy atom. The number of hydrogen-bond donors (Lipinski definition) is 1. The maximum absolute atomic E-state index is 13.3. The zero-order valence-corrected chi connectivity index (χ0v) is 20.3. The van der Waals surface area contributed by atoms with Crippen molar-refractivity contribution in [3.05, 3.63) is 41.1 Å². The number of piperidine rings is 1. The molecule has 1 aliphatic rings. The number of rotatable bonds is 7.